The van der Waals surface area contributed by atoms with Crippen molar-refractivity contribution < 1.29 is 5.11 Å². The quantitative estimate of drug-likeness (QED) is 0.507. The van der Waals surface area contributed by atoms with Crippen molar-refractivity contribution in [3.63, 3.8) is 0 Å². The number of nitrogens with zero attached hydrogens (tertiary/aromatic N) is 5. The van der Waals surface area contributed by atoms with Crippen molar-refractivity contribution in [1.82, 2.24) is 19.6 Å². The molecule has 1 fully saturated rings. The summed E-state index contributed by atoms with van der Waals surface area (Å²) in [6.45, 7) is 3.87. The first-order chi connectivity index (χ1) is 16.1. The molecule has 0 unspecified atom stereocenters. The van der Waals surface area contributed by atoms with Crippen molar-refractivity contribution in [2.45, 2.75) is 38.8 Å². The van der Waals surface area contributed by atoms with E-state index in [9.17, 15) is 5.11 Å². The lowest BCUT2D eigenvalue weighted by Gasteiger charge is -2.42. The Morgan fingerprint density at radius 1 is 1.12 bits per heavy atom. The van der Waals surface area contributed by atoms with Gasteiger partial charge in [-0.15, -0.1) is 0 Å². The number of aliphatic hydroxyl groups excluding tert-OH is 1. The average molecular weight is 441 g/mol. The topological polar surface area (TPSA) is 92.6 Å². The second-order valence-corrected chi connectivity index (χ2v) is 9.40. The van der Waals surface area contributed by atoms with Gasteiger partial charge in [-0.2, -0.15) is 5.10 Å². The van der Waals surface area contributed by atoms with Crippen molar-refractivity contribution in [3.8, 4) is 11.3 Å². The molecular formula is C26H28N6O. The van der Waals surface area contributed by atoms with Crippen LogP contribution in [0.4, 0.5) is 5.82 Å². The van der Waals surface area contributed by atoms with E-state index in [-0.39, 0.29) is 18.1 Å². The van der Waals surface area contributed by atoms with Gasteiger partial charge in [0.1, 0.15) is 5.52 Å². The number of hydrogen-bond acceptors (Lipinski definition) is 6. The summed E-state index contributed by atoms with van der Waals surface area (Å²) in [5, 5.41) is 14.2. The molecule has 2 aliphatic rings. The summed E-state index contributed by atoms with van der Waals surface area (Å²) in [4.78, 5) is 12.0. The van der Waals surface area contributed by atoms with Crippen LogP contribution < -0.4 is 10.6 Å². The lowest BCUT2D eigenvalue weighted by molar-refractivity contribution is 0.187. The van der Waals surface area contributed by atoms with Crippen molar-refractivity contribution >= 4 is 11.3 Å². The van der Waals surface area contributed by atoms with Crippen LogP contribution in [0.1, 0.15) is 41.4 Å². The number of hydrogen-bond donors (Lipinski definition) is 2. The van der Waals surface area contributed by atoms with Gasteiger partial charge in [0.15, 0.2) is 5.82 Å². The number of aryl methyl sites for hydroxylation is 1. The highest BCUT2D eigenvalue weighted by molar-refractivity contribution is 5.75. The summed E-state index contributed by atoms with van der Waals surface area (Å²) in [7, 11) is 0. The number of pyridine rings is 1. The molecule has 1 aromatic carbocycles. The zero-order chi connectivity index (χ0) is 22.6. The number of fused-ring (bicyclic) bond motifs is 2. The highest BCUT2D eigenvalue weighted by Gasteiger charge is 2.46. The Kier molecular flexibility index (Phi) is 4.71. The fourth-order valence-corrected chi connectivity index (χ4v) is 5.76. The van der Waals surface area contributed by atoms with Crippen LogP contribution in [-0.2, 0) is 13.0 Å². The van der Waals surface area contributed by atoms with Gasteiger partial charge in [0.2, 0.25) is 0 Å². The molecule has 0 saturated carbocycles. The minimum atomic E-state index is 0.0116. The van der Waals surface area contributed by atoms with Gasteiger partial charge in [0, 0.05) is 36.6 Å². The van der Waals surface area contributed by atoms with Gasteiger partial charge in [-0.3, -0.25) is 4.98 Å². The van der Waals surface area contributed by atoms with E-state index in [1.165, 1.54) is 11.3 Å². The molecule has 0 bridgehead atoms. The predicted octanol–water partition coefficient (Wildman–Crippen LogP) is 3.43. The number of aromatic nitrogens is 4. The molecule has 6 rings (SSSR count). The fraction of sp³-hybridized carbons (Fsp3) is 0.346. The van der Waals surface area contributed by atoms with E-state index in [2.05, 4.69) is 21.0 Å². The monoisotopic (exact) mass is 440 g/mol. The smallest absolute Gasteiger partial charge is 0.155 e. The van der Waals surface area contributed by atoms with Crippen LogP contribution >= 0.6 is 0 Å². The van der Waals surface area contributed by atoms with Crippen molar-refractivity contribution in [1.29, 1.82) is 0 Å². The van der Waals surface area contributed by atoms with Gasteiger partial charge in [0.25, 0.3) is 0 Å². The molecule has 0 radical (unpaired) electrons. The largest absolute Gasteiger partial charge is 0.392 e. The summed E-state index contributed by atoms with van der Waals surface area (Å²) < 4.78 is 1.99. The molecule has 3 N–H and O–H groups in total. The van der Waals surface area contributed by atoms with E-state index in [4.69, 9.17) is 10.7 Å². The molecule has 7 nitrogen and oxygen atoms in total. The molecule has 168 valence electrons. The Morgan fingerprint density at radius 2 is 1.97 bits per heavy atom. The Balaban J connectivity index is 1.32. The van der Waals surface area contributed by atoms with Crippen molar-refractivity contribution in [3.05, 3.63) is 77.4 Å². The zero-order valence-electron chi connectivity index (χ0n) is 18.8. The first-order valence-electron chi connectivity index (χ1n) is 11.6. The number of aliphatic hydroxyl groups is 1. The summed E-state index contributed by atoms with van der Waals surface area (Å²) in [6, 6.07) is 14.1. The van der Waals surface area contributed by atoms with E-state index in [0.29, 0.717) is 0 Å². The second-order valence-electron chi connectivity index (χ2n) is 9.40. The van der Waals surface area contributed by atoms with Gasteiger partial charge >= 0.3 is 0 Å². The predicted molar refractivity (Wildman–Crippen MR) is 128 cm³/mol. The van der Waals surface area contributed by atoms with Crippen LogP contribution in [0.15, 0.2) is 54.9 Å². The molecule has 3 aromatic heterocycles. The van der Waals surface area contributed by atoms with Crippen LogP contribution in [0.3, 0.4) is 0 Å². The third-order valence-corrected chi connectivity index (χ3v) is 7.58. The lowest BCUT2D eigenvalue weighted by atomic mass is 9.73. The standard InChI is InChI=1S/C26H28N6O/c1-17-23(19-5-2-4-18(14-19)16-33)32-22(7-11-29-32)25(30-17)31-12-8-26(9-13-31)15-21-20(24(26)27)6-3-10-28-21/h2-7,10-11,14,24,33H,8-9,12-13,15-16,27H2,1H3/t24-/m1/s1. The Bertz CT molecular complexity index is 1340. The number of piperidine rings is 1. The van der Waals surface area contributed by atoms with E-state index < -0.39 is 0 Å². The minimum absolute atomic E-state index is 0.0116. The third-order valence-electron chi connectivity index (χ3n) is 7.58. The minimum Gasteiger partial charge on any atom is -0.392 e. The van der Waals surface area contributed by atoms with Crippen LogP contribution in [0.2, 0.25) is 0 Å². The van der Waals surface area contributed by atoms with Gasteiger partial charge < -0.3 is 15.7 Å². The summed E-state index contributed by atoms with van der Waals surface area (Å²) in [5.74, 6) is 0.976. The normalized spacial score (nSPS) is 19.4. The maximum atomic E-state index is 9.57. The van der Waals surface area contributed by atoms with E-state index >= 15 is 0 Å². The third kappa shape index (κ3) is 3.14. The van der Waals surface area contributed by atoms with Crippen LogP contribution in [-0.4, -0.2) is 37.8 Å². The molecular weight excluding hydrogens is 412 g/mol. The molecule has 1 spiro atoms. The summed E-state index contributed by atoms with van der Waals surface area (Å²) in [5.41, 5.74) is 14.0. The summed E-state index contributed by atoms with van der Waals surface area (Å²) >= 11 is 0. The number of rotatable bonds is 3. The number of nitrogens with two attached hydrogens (primary N) is 1. The van der Waals surface area contributed by atoms with Crippen molar-refractivity contribution in [2.75, 3.05) is 18.0 Å². The molecule has 1 aliphatic heterocycles. The Hall–Kier alpha value is -3.29. The SMILES string of the molecule is Cc1nc(N2CCC3(CC2)Cc2ncccc2[C@H]3N)c2ccnn2c1-c1cccc(CO)c1. The maximum Gasteiger partial charge on any atom is 0.155 e. The van der Waals surface area contributed by atoms with Crippen LogP contribution in [0.25, 0.3) is 16.8 Å². The first kappa shape index (κ1) is 20.3. The zero-order valence-corrected chi connectivity index (χ0v) is 18.8. The fourth-order valence-electron chi connectivity index (χ4n) is 5.76. The van der Waals surface area contributed by atoms with Crippen molar-refractivity contribution in [2.24, 2.45) is 11.1 Å². The Labute approximate surface area is 192 Å². The molecule has 1 aliphatic carbocycles. The van der Waals surface area contributed by atoms with Crippen LogP contribution in [0, 0.1) is 12.3 Å². The molecule has 33 heavy (non-hydrogen) atoms. The molecule has 1 saturated heterocycles. The number of benzene rings is 1. The highest BCUT2D eigenvalue weighted by atomic mass is 16.3. The molecule has 4 heterocycles. The van der Waals surface area contributed by atoms with Crippen LogP contribution in [0.5, 0.6) is 0 Å². The molecule has 4 aromatic rings. The average Bonchev–Trinajstić information content (AvgIpc) is 3.43. The molecule has 1 atom stereocenters. The summed E-state index contributed by atoms with van der Waals surface area (Å²) in [6.07, 6.45) is 6.71. The number of anilines is 1. The van der Waals surface area contributed by atoms with Gasteiger partial charge in [-0.05, 0) is 60.9 Å². The first-order valence-corrected chi connectivity index (χ1v) is 11.6. The lowest BCUT2D eigenvalue weighted by Crippen LogP contribution is -2.44. The second kappa shape index (κ2) is 7.64. The maximum absolute atomic E-state index is 9.57. The van der Waals surface area contributed by atoms with Gasteiger partial charge in [-0.1, -0.05) is 24.3 Å². The highest BCUT2D eigenvalue weighted by Crippen LogP contribution is 2.50. The Morgan fingerprint density at radius 3 is 2.76 bits per heavy atom. The van der Waals surface area contributed by atoms with E-state index in [1.807, 2.05) is 60.2 Å². The molecule has 0 amide bonds. The molecule has 7 heteroatoms. The van der Waals surface area contributed by atoms with Gasteiger partial charge in [-0.25, -0.2) is 9.50 Å². The van der Waals surface area contributed by atoms with E-state index in [0.717, 1.165) is 66.2 Å². The van der Waals surface area contributed by atoms with Gasteiger partial charge in [0.05, 0.1) is 24.2 Å². The van der Waals surface area contributed by atoms with E-state index in [1.54, 1.807) is 0 Å².